The molecule has 1 heterocycles. The number of nitrogens with zero attached hydrogens (tertiary/aromatic N) is 2. The highest BCUT2D eigenvalue weighted by molar-refractivity contribution is 9.10. The first kappa shape index (κ1) is 11.9. The molecule has 0 amide bonds. The van der Waals surface area contributed by atoms with Gasteiger partial charge in [0.15, 0.2) is 0 Å². The lowest BCUT2D eigenvalue weighted by Gasteiger charge is -2.35. The molecule has 1 saturated heterocycles. The van der Waals surface area contributed by atoms with Crippen molar-refractivity contribution in [2.24, 2.45) is 0 Å². The number of likely N-dealkylation sites (N-methyl/N-ethyl adjacent to an activating group) is 1. The number of anilines is 1. The van der Waals surface area contributed by atoms with E-state index in [1.165, 1.54) is 6.07 Å². The normalized spacial score (nSPS) is 17.8. The maximum Gasteiger partial charge on any atom is 0.126 e. The topological polar surface area (TPSA) is 6.48 Å². The summed E-state index contributed by atoms with van der Waals surface area (Å²) in [6.45, 7) is 7.35. The summed E-state index contributed by atoms with van der Waals surface area (Å²) in [6, 6.07) is 5.07. The number of rotatable bonds is 2. The first-order valence-electron chi connectivity index (χ1n) is 5.62. The van der Waals surface area contributed by atoms with E-state index in [1.807, 2.05) is 6.07 Å². The number of piperazine rings is 1. The summed E-state index contributed by atoms with van der Waals surface area (Å²) in [7, 11) is 0. The standard InChI is InChI=1S/C12H16BrFN2/c1-2-15-3-5-16(6-4-15)12-8-10(13)7-11(14)9-12/h7-9H,2-6H2,1H3. The average Bonchev–Trinajstić information content (AvgIpc) is 2.28. The minimum atomic E-state index is -0.178. The zero-order chi connectivity index (χ0) is 11.5. The van der Waals surface area contributed by atoms with E-state index < -0.39 is 0 Å². The zero-order valence-corrected chi connectivity index (χ0v) is 11.0. The van der Waals surface area contributed by atoms with Crippen LogP contribution in [0, 0.1) is 5.82 Å². The van der Waals surface area contributed by atoms with Crippen LogP contribution in [0.5, 0.6) is 0 Å². The van der Waals surface area contributed by atoms with Crippen molar-refractivity contribution < 1.29 is 4.39 Å². The molecule has 0 spiro atoms. The number of halogens is 2. The first-order valence-corrected chi connectivity index (χ1v) is 6.41. The fourth-order valence-corrected chi connectivity index (χ4v) is 2.50. The van der Waals surface area contributed by atoms with Crippen LogP contribution < -0.4 is 4.90 Å². The van der Waals surface area contributed by atoms with E-state index in [1.54, 1.807) is 6.07 Å². The molecule has 0 N–H and O–H groups in total. The van der Waals surface area contributed by atoms with E-state index in [-0.39, 0.29) is 5.82 Å². The van der Waals surface area contributed by atoms with Crippen molar-refractivity contribution in [1.82, 2.24) is 4.90 Å². The third kappa shape index (κ3) is 2.74. The van der Waals surface area contributed by atoms with Crippen LogP contribution in [0.4, 0.5) is 10.1 Å². The zero-order valence-electron chi connectivity index (χ0n) is 9.42. The molecule has 1 aromatic carbocycles. The lowest BCUT2D eigenvalue weighted by molar-refractivity contribution is 0.271. The predicted molar refractivity (Wildman–Crippen MR) is 68.4 cm³/mol. The van der Waals surface area contributed by atoms with Crippen molar-refractivity contribution in [3.05, 3.63) is 28.5 Å². The van der Waals surface area contributed by atoms with Crippen molar-refractivity contribution in [3.8, 4) is 0 Å². The Labute approximate surface area is 104 Å². The van der Waals surface area contributed by atoms with Crippen LogP contribution in [0.3, 0.4) is 0 Å². The molecule has 1 aliphatic heterocycles. The molecule has 0 radical (unpaired) electrons. The third-order valence-electron chi connectivity index (χ3n) is 3.03. The van der Waals surface area contributed by atoms with Crippen LogP contribution >= 0.6 is 15.9 Å². The van der Waals surface area contributed by atoms with Crippen LogP contribution in [-0.4, -0.2) is 37.6 Å². The summed E-state index contributed by atoms with van der Waals surface area (Å²) >= 11 is 3.33. The molecule has 2 nitrogen and oxygen atoms in total. The van der Waals surface area contributed by atoms with Gasteiger partial charge in [-0.05, 0) is 24.7 Å². The van der Waals surface area contributed by atoms with Gasteiger partial charge >= 0.3 is 0 Å². The lowest BCUT2D eigenvalue weighted by Crippen LogP contribution is -2.46. The summed E-state index contributed by atoms with van der Waals surface area (Å²) in [4.78, 5) is 4.64. The van der Waals surface area contributed by atoms with Gasteiger partial charge in [0.05, 0.1) is 0 Å². The van der Waals surface area contributed by atoms with E-state index in [0.29, 0.717) is 0 Å². The molecule has 0 aromatic heterocycles. The minimum absolute atomic E-state index is 0.178. The fourth-order valence-electron chi connectivity index (χ4n) is 2.04. The van der Waals surface area contributed by atoms with Gasteiger partial charge in [0, 0.05) is 36.3 Å². The van der Waals surface area contributed by atoms with E-state index in [4.69, 9.17) is 0 Å². The van der Waals surface area contributed by atoms with E-state index in [0.717, 1.165) is 42.9 Å². The SMILES string of the molecule is CCN1CCN(c2cc(F)cc(Br)c2)CC1. The summed E-state index contributed by atoms with van der Waals surface area (Å²) < 4.78 is 14.1. The molecular weight excluding hydrogens is 271 g/mol. The molecule has 0 atom stereocenters. The Morgan fingerprint density at radius 2 is 1.88 bits per heavy atom. The molecule has 0 unspecified atom stereocenters. The van der Waals surface area contributed by atoms with Crippen molar-refractivity contribution >= 4 is 21.6 Å². The van der Waals surface area contributed by atoms with Crippen LogP contribution in [0.25, 0.3) is 0 Å². The Balaban J connectivity index is 2.08. The highest BCUT2D eigenvalue weighted by atomic mass is 79.9. The second-order valence-electron chi connectivity index (χ2n) is 4.05. The molecule has 0 aliphatic carbocycles. The van der Waals surface area contributed by atoms with Gasteiger partial charge in [0.25, 0.3) is 0 Å². The van der Waals surface area contributed by atoms with Crippen LogP contribution in [0.1, 0.15) is 6.92 Å². The van der Waals surface area contributed by atoms with Gasteiger partial charge in [-0.15, -0.1) is 0 Å². The second-order valence-corrected chi connectivity index (χ2v) is 4.96. The maximum absolute atomic E-state index is 13.3. The highest BCUT2D eigenvalue weighted by Crippen LogP contribution is 2.23. The number of benzene rings is 1. The van der Waals surface area contributed by atoms with Crippen molar-refractivity contribution in [2.45, 2.75) is 6.92 Å². The van der Waals surface area contributed by atoms with Crippen LogP contribution in [0.2, 0.25) is 0 Å². The Bertz CT molecular complexity index is 342. The van der Waals surface area contributed by atoms with Gasteiger partial charge in [-0.3, -0.25) is 0 Å². The molecule has 2 rings (SSSR count). The third-order valence-corrected chi connectivity index (χ3v) is 3.49. The van der Waals surface area contributed by atoms with Gasteiger partial charge in [-0.1, -0.05) is 22.9 Å². The molecule has 16 heavy (non-hydrogen) atoms. The van der Waals surface area contributed by atoms with E-state index in [2.05, 4.69) is 32.7 Å². The van der Waals surface area contributed by atoms with Gasteiger partial charge in [0.2, 0.25) is 0 Å². The maximum atomic E-state index is 13.3. The Morgan fingerprint density at radius 1 is 1.19 bits per heavy atom. The molecule has 1 aliphatic rings. The molecule has 88 valence electrons. The summed E-state index contributed by atoms with van der Waals surface area (Å²) in [6.07, 6.45) is 0. The van der Waals surface area contributed by atoms with Gasteiger partial charge in [-0.25, -0.2) is 4.39 Å². The van der Waals surface area contributed by atoms with Crippen LogP contribution in [-0.2, 0) is 0 Å². The Morgan fingerprint density at radius 3 is 2.44 bits per heavy atom. The number of hydrogen-bond acceptors (Lipinski definition) is 2. The first-order chi connectivity index (χ1) is 7.69. The van der Waals surface area contributed by atoms with E-state index in [9.17, 15) is 4.39 Å². The minimum Gasteiger partial charge on any atom is -0.369 e. The quantitative estimate of drug-likeness (QED) is 0.825. The second kappa shape index (κ2) is 5.15. The van der Waals surface area contributed by atoms with Gasteiger partial charge in [-0.2, -0.15) is 0 Å². The summed E-state index contributed by atoms with van der Waals surface area (Å²) in [5, 5.41) is 0. The largest absolute Gasteiger partial charge is 0.369 e. The highest BCUT2D eigenvalue weighted by Gasteiger charge is 2.16. The summed E-state index contributed by atoms with van der Waals surface area (Å²) in [5.74, 6) is -0.178. The van der Waals surface area contributed by atoms with Crippen molar-refractivity contribution in [3.63, 3.8) is 0 Å². The average molecular weight is 287 g/mol. The molecule has 1 fully saturated rings. The fraction of sp³-hybridized carbons (Fsp3) is 0.500. The van der Waals surface area contributed by atoms with Crippen LogP contribution in [0.15, 0.2) is 22.7 Å². The van der Waals surface area contributed by atoms with E-state index >= 15 is 0 Å². The number of hydrogen-bond donors (Lipinski definition) is 0. The molecule has 1 aromatic rings. The van der Waals surface area contributed by atoms with Gasteiger partial charge < -0.3 is 9.80 Å². The molecular formula is C12H16BrFN2. The predicted octanol–water partition coefficient (Wildman–Crippen LogP) is 2.73. The molecule has 4 heteroatoms. The van der Waals surface area contributed by atoms with Gasteiger partial charge in [0.1, 0.15) is 5.82 Å². The molecule has 0 saturated carbocycles. The Kier molecular flexibility index (Phi) is 3.82. The monoisotopic (exact) mass is 286 g/mol. The Hall–Kier alpha value is -0.610. The van der Waals surface area contributed by atoms with Crippen molar-refractivity contribution in [2.75, 3.05) is 37.6 Å². The van der Waals surface area contributed by atoms with Crippen molar-refractivity contribution in [1.29, 1.82) is 0 Å². The summed E-state index contributed by atoms with van der Waals surface area (Å²) in [5.41, 5.74) is 0.975. The lowest BCUT2D eigenvalue weighted by atomic mass is 10.2. The smallest absolute Gasteiger partial charge is 0.126 e. The molecule has 0 bridgehead atoms.